The zero-order valence-electron chi connectivity index (χ0n) is 6.90. The van der Waals surface area contributed by atoms with Gasteiger partial charge in [-0.25, -0.2) is 0 Å². The van der Waals surface area contributed by atoms with Crippen LogP contribution in [0, 0.1) is 0 Å². The minimum absolute atomic E-state index is 0.346. The highest BCUT2D eigenvalue weighted by Crippen LogP contribution is 2.15. The van der Waals surface area contributed by atoms with Crippen molar-refractivity contribution in [3.8, 4) is 5.75 Å². The number of nitrogens with two attached hydrogens (primary N) is 1. The largest absolute Gasteiger partial charge is 0.508 e. The fourth-order valence-corrected chi connectivity index (χ4v) is 0.990. The molecular formula is C10H13NO. The van der Waals surface area contributed by atoms with Gasteiger partial charge in [-0.3, -0.25) is 0 Å². The summed E-state index contributed by atoms with van der Waals surface area (Å²) in [7, 11) is 0. The van der Waals surface area contributed by atoms with Gasteiger partial charge in [0.1, 0.15) is 5.75 Å². The molecule has 1 rings (SSSR count). The molecule has 3 N–H and O–H groups in total. The number of phenolic OH excluding ortho intramolecular Hbond substituents is 1. The Balaban J connectivity index is 2.63. The number of hydrogen-bond donors (Lipinski definition) is 2. The van der Waals surface area contributed by atoms with E-state index in [-0.39, 0.29) is 0 Å². The van der Waals surface area contributed by atoms with Crippen LogP contribution in [0.3, 0.4) is 0 Å². The first-order chi connectivity index (χ1) is 5.84. The van der Waals surface area contributed by atoms with Gasteiger partial charge in [0.05, 0.1) is 0 Å². The van der Waals surface area contributed by atoms with Crippen LogP contribution >= 0.6 is 0 Å². The molecule has 0 saturated heterocycles. The van der Waals surface area contributed by atoms with Gasteiger partial charge in [0, 0.05) is 6.54 Å². The maximum absolute atomic E-state index is 9.34. The van der Waals surface area contributed by atoms with Gasteiger partial charge in [0.15, 0.2) is 0 Å². The van der Waals surface area contributed by atoms with E-state index in [0.29, 0.717) is 12.3 Å². The van der Waals surface area contributed by atoms with Crippen molar-refractivity contribution in [1.29, 1.82) is 0 Å². The van der Waals surface area contributed by atoms with Crippen molar-refractivity contribution >= 4 is 0 Å². The summed E-state index contributed by atoms with van der Waals surface area (Å²) in [6.07, 6.45) is 4.57. The number of phenols is 1. The Hall–Kier alpha value is -1.28. The van der Waals surface area contributed by atoms with E-state index in [9.17, 15) is 5.11 Å². The summed E-state index contributed by atoms with van der Waals surface area (Å²) in [5.74, 6) is 0.346. The number of hydrogen-bond acceptors (Lipinski definition) is 2. The van der Waals surface area contributed by atoms with Crippen LogP contribution in [0.1, 0.15) is 5.56 Å². The molecule has 0 amide bonds. The minimum atomic E-state index is 0.346. The van der Waals surface area contributed by atoms with Crippen LogP contribution in [-0.2, 0) is 6.42 Å². The van der Waals surface area contributed by atoms with Crippen molar-refractivity contribution in [2.45, 2.75) is 6.42 Å². The molecule has 0 saturated carbocycles. The molecule has 1 aromatic carbocycles. The Morgan fingerprint density at radius 1 is 1.25 bits per heavy atom. The van der Waals surface area contributed by atoms with Gasteiger partial charge in [-0.05, 0) is 18.1 Å². The lowest BCUT2D eigenvalue weighted by molar-refractivity contribution is 0.469. The molecule has 0 radical (unpaired) electrons. The lowest BCUT2D eigenvalue weighted by Gasteiger charge is -1.98. The second-order valence-corrected chi connectivity index (χ2v) is 2.54. The predicted octanol–water partition coefficient (Wildman–Crippen LogP) is 1.45. The van der Waals surface area contributed by atoms with Crippen molar-refractivity contribution in [2.75, 3.05) is 6.54 Å². The maximum atomic E-state index is 9.34. The van der Waals surface area contributed by atoms with Gasteiger partial charge in [-0.1, -0.05) is 30.4 Å². The molecular weight excluding hydrogens is 150 g/mol. The molecule has 2 heteroatoms. The quantitative estimate of drug-likeness (QED) is 0.662. The Labute approximate surface area is 72.3 Å². The molecule has 0 spiro atoms. The van der Waals surface area contributed by atoms with E-state index in [1.165, 1.54) is 0 Å². The summed E-state index contributed by atoms with van der Waals surface area (Å²) in [6.45, 7) is 0.549. The highest BCUT2D eigenvalue weighted by molar-refractivity contribution is 5.33. The van der Waals surface area contributed by atoms with Crippen LogP contribution in [0.5, 0.6) is 5.75 Å². The number of allylic oxidation sites excluding steroid dienone is 1. The van der Waals surface area contributed by atoms with E-state index in [1.807, 2.05) is 30.4 Å². The van der Waals surface area contributed by atoms with Crippen LogP contribution in [0.15, 0.2) is 36.4 Å². The van der Waals surface area contributed by atoms with Crippen molar-refractivity contribution in [1.82, 2.24) is 0 Å². The number of rotatable bonds is 3. The van der Waals surface area contributed by atoms with Gasteiger partial charge in [0.25, 0.3) is 0 Å². The summed E-state index contributed by atoms with van der Waals surface area (Å²) >= 11 is 0. The van der Waals surface area contributed by atoms with Crippen molar-refractivity contribution in [3.05, 3.63) is 42.0 Å². The molecule has 2 nitrogen and oxygen atoms in total. The summed E-state index contributed by atoms with van der Waals surface area (Å²) in [4.78, 5) is 0. The molecule has 12 heavy (non-hydrogen) atoms. The fraction of sp³-hybridized carbons (Fsp3) is 0.200. The number of para-hydroxylation sites is 1. The SMILES string of the molecule is NC/C=C/Cc1ccccc1O. The van der Waals surface area contributed by atoms with E-state index in [2.05, 4.69) is 0 Å². The van der Waals surface area contributed by atoms with Crippen LogP contribution in [0.25, 0.3) is 0 Å². The Morgan fingerprint density at radius 3 is 2.67 bits per heavy atom. The first kappa shape index (κ1) is 8.81. The average Bonchev–Trinajstić information content (AvgIpc) is 2.09. The molecule has 0 heterocycles. The normalized spacial score (nSPS) is 10.8. The minimum Gasteiger partial charge on any atom is -0.508 e. The standard InChI is InChI=1S/C10H13NO/c11-8-4-3-6-9-5-1-2-7-10(9)12/h1-5,7,12H,6,8,11H2/b4-3+. The smallest absolute Gasteiger partial charge is 0.119 e. The molecule has 0 bridgehead atoms. The maximum Gasteiger partial charge on any atom is 0.119 e. The summed E-state index contributed by atoms with van der Waals surface area (Å²) in [5.41, 5.74) is 6.21. The highest BCUT2D eigenvalue weighted by Gasteiger charge is 1.94. The summed E-state index contributed by atoms with van der Waals surface area (Å²) in [6, 6.07) is 7.30. The van der Waals surface area contributed by atoms with Crippen LogP contribution in [-0.4, -0.2) is 11.7 Å². The molecule has 0 fully saturated rings. The molecule has 0 aliphatic heterocycles. The zero-order valence-corrected chi connectivity index (χ0v) is 6.90. The average molecular weight is 163 g/mol. The number of benzene rings is 1. The predicted molar refractivity (Wildman–Crippen MR) is 50.0 cm³/mol. The van der Waals surface area contributed by atoms with Crippen LogP contribution in [0.2, 0.25) is 0 Å². The van der Waals surface area contributed by atoms with Crippen LogP contribution < -0.4 is 5.73 Å². The topological polar surface area (TPSA) is 46.2 Å². The highest BCUT2D eigenvalue weighted by atomic mass is 16.3. The fourth-order valence-electron chi connectivity index (χ4n) is 0.990. The Morgan fingerprint density at radius 2 is 2.00 bits per heavy atom. The Kier molecular flexibility index (Phi) is 3.35. The lowest BCUT2D eigenvalue weighted by atomic mass is 10.1. The summed E-state index contributed by atoms with van der Waals surface area (Å²) in [5, 5.41) is 9.34. The van der Waals surface area contributed by atoms with E-state index in [1.54, 1.807) is 6.07 Å². The van der Waals surface area contributed by atoms with Gasteiger partial charge in [-0.2, -0.15) is 0 Å². The van der Waals surface area contributed by atoms with Crippen molar-refractivity contribution < 1.29 is 5.11 Å². The molecule has 0 aliphatic carbocycles. The van der Waals surface area contributed by atoms with Gasteiger partial charge in [-0.15, -0.1) is 0 Å². The monoisotopic (exact) mass is 163 g/mol. The first-order valence-electron chi connectivity index (χ1n) is 3.96. The second-order valence-electron chi connectivity index (χ2n) is 2.54. The molecule has 0 atom stereocenters. The van der Waals surface area contributed by atoms with E-state index < -0.39 is 0 Å². The van der Waals surface area contributed by atoms with Crippen molar-refractivity contribution in [3.63, 3.8) is 0 Å². The number of aromatic hydroxyl groups is 1. The molecule has 64 valence electrons. The second kappa shape index (κ2) is 4.57. The molecule has 0 aromatic heterocycles. The molecule has 0 unspecified atom stereocenters. The van der Waals surface area contributed by atoms with E-state index in [0.717, 1.165) is 12.0 Å². The van der Waals surface area contributed by atoms with Gasteiger partial charge < -0.3 is 10.8 Å². The van der Waals surface area contributed by atoms with E-state index in [4.69, 9.17) is 5.73 Å². The van der Waals surface area contributed by atoms with Crippen molar-refractivity contribution in [2.24, 2.45) is 5.73 Å². The Bertz CT molecular complexity index is 268. The lowest BCUT2D eigenvalue weighted by Crippen LogP contribution is -1.92. The van der Waals surface area contributed by atoms with Gasteiger partial charge in [0.2, 0.25) is 0 Å². The first-order valence-corrected chi connectivity index (χ1v) is 3.96. The van der Waals surface area contributed by atoms with Gasteiger partial charge >= 0.3 is 0 Å². The van der Waals surface area contributed by atoms with E-state index >= 15 is 0 Å². The third-order valence-electron chi connectivity index (χ3n) is 1.63. The molecule has 0 aliphatic rings. The third kappa shape index (κ3) is 2.40. The zero-order chi connectivity index (χ0) is 8.81. The third-order valence-corrected chi connectivity index (χ3v) is 1.63. The van der Waals surface area contributed by atoms with Crippen LogP contribution in [0.4, 0.5) is 0 Å². The molecule has 1 aromatic rings. The summed E-state index contributed by atoms with van der Waals surface area (Å²) < 4.78 is 0.